The fourth-order valence-corrected chi connectivity index (χ4v) is 2.35. The summed E-state index contributed by atoms with van der Waals surface area (Å²) in [6, 6.07) is 12.8. The minimum absolute atomic E-state index is 0. The minimum atomic E-state index is -0.127. The Morgan fingerprint density at radius 1 is 1.04 bits per heavy atom. The number of carbonyl (C=O) groups is 1. The second-order valence-electron chi connectivity index (χ2n) is 5.28. The number of hydrogen-bond acceptors (Lipinski definition) is 4. The lowest BCUT2D eigenvalue weighted by Crippen LogP contribution is -2.25. The van der Waals surface area contributed by atoms with Crippen LogP contribution in [0.2, 0.25) is 0 Å². The molecule has 3 N–H and O–H groups in total. The SMILES string of the molecule is CCOc1ccc(CCNC(=O)c2cccc(N)c2)cc1OCC.Cl. The molecule has 6 heteroatoms. The van der Waals surface area contributed by atoms with Gasteiger partial charge in [-0.3, -0.25) is 4.79 Å². The predicted molar refractivity (Wildman–Crippen MR) is 103 cm³/mol. The van der Waals surface area contributed by atoms with Crippen molar-refractivity contribution in [3.63, 3.8) is 0 Å². The number of nitrogens with one attached hydrogen (secondary N) is 1. The third-order valence-electron chi connectivity index (χ3n) is 3.46. The average Bonchev–Trinajstić information content (AvgIpc) is 2.57. The summed E-state index contributed by atoms with van der Waals surface area (Å²) < 4.78 is 11.2. The van der Waals surface area contributed by atoms with Gasteiger partial charge >= 0.3 is 0 Å². The first-order valence-corrected chi connectivity index (χ1v) is 8.16. The van der Waals surface area contributed by atoms with Crippen molar-refractivity contribution in [1.82, 2.24) is 5.32 Å². The highest BCUT2D eigenvalue weighted by Gasteiger charge is 2.08. The smallest absolute Gasteiger partial charge is 0.251 e. The molecule has 0 aliphatic heterocycles. The Balaban J connectivity index is 0.00000312. The molecule has 2 aromatic rings. The quantitative estimate of drug-likeness (QED) is 0.703. The van der Waals surface area contributed by atoms with Crippen molar-refractivity contribution in [1.29, 1.82) is 0 Å². The molecule has 136 valence electrons. The Bertz CT molecular complexity index is 692. The summed E-state index contributed by atoms with van der Waals surface area (Å²) in [5, 5.41) is 2.90. The Hall–Kier alpha value is -2.40. The molecule has 0 aromatic heterocycles. The van der Waals surface area contributed by atoms with E-state index in [9.17, 15) is 4.79 Å². The van der Waals surface area contributed by atoms with Crippen LogP contribution in [0.4, 0.5) is 5.69 Å². The standard InChI is InChI=1S/C19H24N2O3.ClH/c1-3-23-17-9-8-14(12-18(17)24-4-2)10-11-21-19(22)15-6-5-7-16(20)13-15;/h5-9,12-13H,3-4,10-11,20H2,1-2H3,(H,21,22);1H. The van der Waals surface area contributed by atoms with Crippen LogP contribution in [-0.2, 0) is 6.42 Å². The van der Waals surface area contributed by atoms with Crippen LogP contribution in [0.25, 0.3) is 0 Å². The van der Waals surface area contributed by atoms with E-state index in [0.29, 0.717) is 37.4 Å². The largest absolute Gasteiger partial charge is 0.490 e. The maximum Gasteiger partial charge on any atom is 0.251 e. The number of carbonyl (C=O) groups excluding carboxylic acids is 1. The summed E-state index contributed by atoms with van der Waals surface area (Å²) in [5.74, 6) is 1.35. The lowest BCUT2D eigenvalue weighted by molar-refractivity contribution is 0.0954. The molecule has 0 spiro atoms. The molecule has 1 amide bonds. The zero-order valence-electron chi connectivity index (χ0n) is 14.6. The van der Waals surface area contributed by atoms with Gasteiger partial charge in [-0.2, -0.15) is 0 Å². The number of benzene rings is 2. The molecule has 0 saturated heterocycles. The van der Waals surface area contributed by atoms with Gasteiger partial charge in [0.15, 0.2) is 11.5 Å². The first-order chi connectivity index (χ1) is 11.6. The van der Waals surface area contributed by atoms with Crippen LogP contribution in [0.1, 0.15) is 29.8 Å². The number of rotatable bonds is 8. The van der Waals surface area contributed by atoms with Crippen molar-refractivity contribution in [3.05, 3.63) is 53.6 Å². The summed E-state index contributed by atoms with van der Waals surface area (Å²) >= 11 is 0. The molecule has 5 nitrogen and oxygen atoms in total. The molecular formula is C19H25ClN2O3. The van der Waals surface area contributed by atoms with Gasteiger partial charge in [-0.25, -0.2) is 0 Å². The molecule has 2 aromatic carbocycles. The summed E-state index contributed by atoms with van der Waals surface area (Å²) in [4.78, 5) is 12.1. The van der Waals surface area contributed by atoms with E-state index in [1.54, 1.807) is 24.3 Å². The number of hydrogen-bond donors (Lipinski definition) is 2. The molecule has 0 atom stereocenters. The van der Waals surface area contributed by atoms with Gasteiger partial charge in [0.1, 0.15) is 0 Å². The number of nitrogen functional groups attached to an aromatic ring is 1. The second-order valence-corrected chi connectivity index (χ2v) is 5.28. The third kappa shape index (κ3) is 6.19. The fraction of sp³-hybridized carbons (Fsp3) is 0.316. The van der Waals surface area contributed by atoms with Crippen LogP contribution in [0.3, 0.4) is 0 Å². The Morgan fingerprint density at radius 3 is 2.44 bits per heavy atom. The van der Waals surface area contributed by atoms with E-state index in [4.69, 9.17) is 15.2 Å². The second kappa shape index (κ2) is 10.5. The fourth-order valence-electron chi connectivity index (χ4n) is 2.35. The Kier molecular flexibility index (Phi) is 8.64. The molecule has 0 radical (unpaired) electrons. The molecule has 0 bridgehead atoms. The van der Waals surface area contributed by atoms with Gasteiger partial charge < -0.3 is 20.5 Å². The van der Waals surface area contributed by atoms with Crippen LogP contribution < -0.4 is 20.5 Å². The van der Waals surface area contributed by atoms with Crippen LogP contribution in [0.15, 0.2) is 42.5 Å². The first kappa shape index (κ1) is 20.6. The van der Waals surface area contributed by atoms with Gasteiger partial charge in [0, 0.05) is 17.8 Å². The molecule has 2 rings (SSSR count). The van der Waals surface area contributed by atoms with Crippen molar-refractivity contribution < 1.29 is 14.3 Å². The van der Waals surface area contributed by atoms with E-state index >= 15 is 0 Å². The first-order valence-electron chi connectivity index (χ1n) is 8.16. The minimum Gasteiger partial charge on any atom is -0.490 e. The Labute approximate surface area is 154 Å². The summed E-state index contributed by atoms with van der Waals surface area (Å²) in [7, 11) is 0. The number of nitrogens with two attached hydrogens (primary N) is 1. The van der Waals surface area contributed by atoms with E-state index in [1.165, 1.54) is 0 Å². The van der Waals surface area contributed by atoms with E-state index in [0.717, 1.165) is 17.1 Å². The molecule has 0 aliphatic carbocycles. The van der Waals surface area contributed by atoms with Gasteiger partial charge in [0.2, 0.25) is 0 Å². The zero-order valence-corrected chi connectivity index (χ0v) is 15.4. The van der Waals surface area contributed by atoms with Crippen LogP contribution in [0.5, 0.6) is 11.5 Å². The lowest BCUT2D eigenvalue weighted by Gasteiger charge is -2.12. The van der Waals surface area contributed by atoms with Gasteiger partial charge in [-0.05, 0) is 56.2 Å². The highest BCUT2D eigenvalue weighted by Crippen LogP contribution is 2.28. The molecular weight excluding hydrogens is 340 g/mol. The summed E-state index contributed by atoms with van der Waals surface area (Å²) in [6.07, 6.45) is 0.709. The van der Waals surface area contributed by atoms with Crippen molar-refractivity contribution in [2.75, 3.05) is 25.5 Å². The normalized spacial score (nSPS) is 9.84. The number of halogens is 1. The van der Waals surface area contributed by atoms with Crippen LogP contribution in [-0.4, -0.2) is 25.7 Å². The zero-order chi connectivity index (χ0) is 17.4. The maximum absolute atomic E-state index is 12.1. The van der Waals surface area contributed by atoms with Crippen molar-refractivity contribution in [2.24, 2.45) is 0 Å². The highest BCUT2D eigenvalue weighted by molar-refractivity contribution is 5.94. The van der Waals surface area contributed by atoms with Crippen LogP contribution in [0, 0.1) is 0 Å². The van der Waals surface area contributed by atoms with Gasteiger partial charge in [-0.15, -0.1) is 12.4 Å². The van der Waals surface area contributed by atoms with E-state index in [1.807, 2.05) is 32.0 Å². The van der Waals surface area contributed by atoms with Crippen molar-refractivity contribution in [2.45, 2.75) is 20.3 Å². The number of amides is 1. The van der Waals surface area contributed by atoms with Gasteiger partial charge in [0.25, 0.3) is 5.91 Å². The van der Waals surface area contributed by atoms with E-state index < -0.39 is 0 Å². The molecule has 0 unspecified atom stereocenters. The highest BCUT2D eigenvalue weighted by atomic mass is 35.5. The van der Waals surface area contributed by atoms with Crippen LogP contribution >= 0.6 is 12.4 Å². The topological polar surface area (TPSA) is 73.6 Å². The predicted octanol–water partition coefficient (Wildman–Crippen LogP) is 3.46. The number of anilines is 1. The molecule has 0 aliphatic rings. The molecule has 25 heavy (non-hydrogen) atoms. The molecule has 0 saturated carbocycles. The molecule has 0 fully saturated rings. The third-order valence-corrected chi connectivity index (χ3v) is 3.46. The average molecular weight is 365 g/mol. The molecule has 0 heterocycles. The van der Waals surface area contributed by atoms with Gasteiger partial charge in [-0.1, -0.05) is 12.1 Å². The van der Waals surface area contributed by atoms with E-state index in [2.05, 4.69) is 5.32 Å². The van der Waals surface area contributed by atoms with Crippen molar-refractivity contribution in [3.8, 4) is 11.5 Å². The Morgan fingerprint density at radius 2 is 1.76 bits per heavy atom. The summed E-state index contributed by atoms with van der Waals surface area (Å²) in [5.41, 5.74) is 7.92. The lowest BCUT2D eigenvalue weighted by atomic mass is 10.1. The monoisotopic (exact) mass is 364 g/mol. The number of ether oxygens (including phenoxy) is 2. The maximum atomic E-state index is 12.1. The summed E-state index contributed by atoms with van der Waals surface area (Å²) in [6.45, 7) is 5.59. The van der Waals surface area contributed by atoms with E-state index in [-0.39, 0.29) is 18.3 Å². The van der Waals surface area contributed by atoms with Gasteiger partial charge in [0.05, 0.1) is 13.2 Å². The van der Waals surface area contributed by atoms with Crippen molar-refractivity contribution >= 4 is 24.0 Å².